The zero-order chi connectivity index (χ0) is 14.4. The van der Waals surface area contributed by atoms with E-state index in [9.17, 15) is 18.0 Å². The van der Waals surface area contributed by atoms with E-state index in [1.165, 1.54) is 0 Å². The second kappa shape index (κ2) is 4.38. The highest BCUT2D eigenvalue weighted by atomic mass is 19.4. The number of amides is 1. The fraction of sp³-hybridized carbons (Fsp3) is 0.909. The molecule has 0 aliphatic carbocycles. The zero-order valence-corrected chi connectivity index (χ0v) is 11.0. The van der Waals surface area contributed by atoms with Gasteiger partial charge >= 0.3 is 6.18 Å². The minimum absolute atomic E-state index is 0.0963. The summed E-state index contributed by atoms with van der Waals surface area (Å²) in [6.45, 7) is 6.07. The first-order valence-electron chi connectivity index (χ1n) is 5.69. The van der Waals surface area contributed by atoms with Crippen LogP contribution in [-0.4, -0.2) is 47.3 Å². The van der Waals surface area contributed by atoms with Crippen LogP contribution in [0.4, 0.5) is 13.2 Å². The van der Waals surface area contributed by atoms with E-state index in [1.54, 1.807) is 20.8 Å². The molecule has 2 N–H and O–H groups in total. The van der Waals surface area contributed by atoms with Crippen LogP contribution in [0.2, 0.25) is 0 Å². The number of hydrogen-bond acceptors (Lipinski definition) is 3. The van der Waals surface area contributed by atoms with Crippen molar-refractivity contribution >= 4 is 5.91 Å². The van der Waals surface area contributed by atoms with Crippen LogP contribution < -0.4 is 5.73 Å². The van der Waals surface area contributed by atoms with Gasteiger partial charge in [-0.2, -0.15) is 13.2 Å². The number of carbonyl (C=O) groups is 1. The van der Waals surface area contributed by atoms with Crippen LogP contribution in [0.1, 0.15) is 27.7 Å². The Kier molecular flexibility index (Phi) is 3.71. The molecular weight excluding hydrogens is 249 g/mol. The summed E-state index contributed by atoms with van der Waals surface area (Å²) >= 11 is 0. The lowest BCUT2D eigenvalue weighted by molar-refractivity contribution is -0.202. The molecular formula is C11H19F3N2O2. The Morgan fingerprint density at radius 3 is 2.33 bits per heavy atom. The summed E-state index contributed by atoms with van der Waals surface area (Å²) in [7, 11) is 0. The quantitative estimate of drug-likeness (QED) is 0.779. The molecule has 2 atom stereocenters. The molecule has 1 saturated heterocycles. The fourth-order valence-corrected chi connectivity index (χ4v) is 2.06. The Balaban J connectivity index is 2.91. The minimum Gasteiger partial charge on any atom is -0.369 e. The van der Waals surface area contributed by atoms with Gasteiger partial charge in [0, 0.05) is 13.1 Å². The summed E-state index contributed by atoms with van der Waals surface area (Å²) in [4.78, 5) is 13.1. The molecule has 0 bridgehead atoms. The van der Waals surface area contributed by atoms with Crippen molar-refractivity contribution in [2.45, 2.75) is 51.1 Å². The van der Waals surface area contributed by atoms with Crippen molar-refractivity contribution in [3.05, 3.63) is 0 Å². The molecule has 4 nitrogen and oxygen atoms in total. The highest BCUT2D eigenvalue weighted by Gasteiger charge is 2.56. The van der Waals surface area contributed by atoms with Crippen molar-refractivity contribution in [3.63, 3.8) is 0 Å². The van der Waals surface area contributed by atoms with Gasteiger partial charge < -0.3 is 15.4 Å². The summed E-state index contributed by atoms with van der Waals surface area (Å²) in [6, 6.07) is 0. The number of rotatable bonds is 1. The van der Waals surface area contributed by atoms with Gasteiger partial charge in [0.05, 0.1) is 11.7 Å². The summed E-state index contributed by atoms with van der Waals surface area (Å²) in [5.74, 6) is -1.11. The van der Waals surface area contributed by atoms with Gasteiger partial charge in [-0.05, 0) is 27.7 Å². The summed E-state index contributed by atoms with van der Waals surface area (Å²) in [5.41, 5.74) is 1.61. The first-order valence-corrected chi connectivity index (χ1v) is 5.69. The third-order valence-electron chi connectivity index (χ3n) is 2.89. The van der Waals surface area contributed by atoms with E-state index in [0.717, 1.165) is 4.90 Å². The van der Waals surface area contributed by atoms with Crippen molar-refractivity contribution in [2.24, 2.45) is 5.73 Å². The van der Waals surface area contributed by atoms with Crippen LogP contribution in [0.5, 0.6) is 0 Å². The number of nitrogens with two attached hydrogens (primary N) is 1. The second-order valence-corrected chi connectivity index (χ2v) is 5.57. The topological polar surface area (TPSA) is 55.6 Å². The molecule has 1 rings (SSSR count). The lowest BCUT2D eigenvalue weighted by Gasteiger charge is -2.44. The molecule has 18 heavy (non-hydrogen) atoms. The molecule has 0 aromatic carbocycles. The van der Waals surface area contributed by atoms with Gasteiger partial charge in [0.25, 0.3) is 5.91 Å². The molecule has 1 heterocycles. The smallest absolute Gasteiger partial charge is 0.369 e. The molecule has 1 aliphatic heterocycles. The number of carbonyl (C=O) groups excluding carboxylic acids is 1. The van der Waals surface area contributed by atoms with Crippen LogP contribution in [-0.2, 0) is 9.53 Å². The zero-order valence-electron chi connectivity index (χ0n) is 11.0. The Bertz CT molecular complexity index is 340. The molecule has 1 fully saturated rings. The third-order valence-corrected chi connectivity index (χ3v) is 2.89. The van der Waals surface area contributed by atoms with Gasteiger partial charge in [-0.25, -0.2) is 0 Å². The maximum Gasteiger partial charge on any atom is 0.415 e. The fourth-order valence-electron chi connectivity index (χ4n) is 2.06. The van der Waals surface area contributed by atoms with E-state index in [4.69, 9.17) is 10.5 Å². The van der Waals surface area contributed by atoms with E-state index < -0.39 is 23.2 Å². The van der Waals surface area contributed by atoms with Crippen molar-refractivity contribution < 1.29 is 22.7 Å². The van der Waals surface area contributed by atoms with Crippen molar-refractivity contribution in [1.29, 1.82) is 0 Å². The lowest BCUT2D eigenvalue weighted by atomic mass is 9.98. The van der Waals surface area contributed by atoms with E-state index >= 15 is 0 Å². The molecule has 0 saturated carbocycles. The summed E-state index contributed by atoms with van der Waals surface area (Å²) in [6.07, 6.45) is -5.09. The highest BCUT2D eigenvalue weighted by molar-refractivity contribution is 5.86. The Hall–Kier alpha value is -0.820. The predicted molar refractivity (Wildman–Crippen MR) is 59.9 cm³/mol. The minimum atomic E-state index is -4.77. The molecule has 2 unspecified atom stereocenters. The van der Waals surface area contributed by atoms with Crippen LogP contribution in [0.3, 0.4) is 0 Å². The number of ether oxygens (including phenoxy) is 1. The van der Waals surface area contributed by atoms with Gasteiger partial charge in [-0.1, -0.05) is 0 Å². The van der Waals surface area contributed by atoms with Crippen molar-refractivity contribution in [1.82, 2.24) is 4.90 Å². The SMILES string of the molecule is CC1CN(C(=O)C(C)(N)C(F)(F)F)CC(C)(C)O1. The third kappa shape index (κ3) is 2.95. The van der Waals surface area contributed by atoms with E-state index in [-0.39, 0.29) is 19.2 Å². The molecule has 7 heteroatoms. The van der Waals surface area contributed by atoms with E-state index in [0.29, 0.717) is 6.92 Å². The lowest BCUT2D eigenvalue weighted by Crippen LogP contribution is -2.66. The molecule has 0 radical (unpaired) electrons. The van der Waals surface area contributed by atoms with Gasteiger partial charge in [0.2, 0.25) is 0 Å². The Labute approximate surface area is 104 Å². The highest BCUT2D eigenvalue weighted by Crippen LogP contribution is 2.31. The number of hydrogen-bond donors (Lipinski definition) is 1. The van der Waals surface area contributed by atoms with E-state index in [2.05, 4.69) is 0 Å². The first-order chi connectivity index (χ1) is 7.87. The van der Waals surface area contributed by atoms with Crippen LogP contribution in [0, 0.1) is 0 Å². The van der Waals surface area contributed by atoms with Crippen molar-refractivity contribution in [3.8, 4) is 0 Å². The van der Waals surface area contributed by atoms with Crippen LogP contribution in [0.25, 0.3) is 0 Å². The average Bonchev–Trinajstić information content (AvgIpc) is 2.11. The maximum absolute atomic E-state index is 12.7. The van der Waals surface area contributed by atoms with Gasteiger partial charge in [-0.3, -0.25) is 4.79 Å². The van der Waals surface area contributed by atoms with Gasteiger partial charge in [0.1, 0.15) is 0 Å². The molecule has 106 valence electrons. The predicted octanol–water partition coefficient (Wildman–Crippen LogP) is 1.29. The second-order valence-electron chi connectivity index (χ2n) is 5.57. The number of nitrogens with zero attached hydrogens (tertiary/aromatic N) is 1. The molecule has 1 amide bonds. The molecule has 0 aromatic rings. The van der Waals surface area contributed by atoms with Gasteiger partial charge in [-0.15, -0.1) is 0 Å². The first kappa shape index (κ1) is 15.2. The van der Waals surface area contributed by atoms with Crippen LogP contribution >= 0.6 is 0 Å². The molecule has 0 spiro atoms. The summed E-state index contributed by atoms with van der Waals surface area (Å²) < 4.78 is 43.7. The summed E-state index contributed by atoms with van der Waals surface area (Å²) in [5, 5.41) is 0. The van der Waals surface area contributed by atoms with Gasteiger partial charge in [0.15, 0.2) is 5.54 Å². The number of alkyl halides is 3. The average molecular weight is 268 g/mol. The molecule has 1 aliphatic rings. The maximum atomic E-state index is 12.7. The van der Waals surface area contributed by atoms with Crippen molar-refractivity contribution in [2.75, 3.05) is 13.1 Å². The largest absolute Gasteiger partial charge is 0.415 e. The monoisotopic (exact) mass is 268 g/mol. The standard InChI is InChI=1S/C11H19F3N2O2/c1-7-5-16(6-9(2,3)18-7)8(17)10(4,15)11(12,13)14/h7H,5-6,15H2,1-4H3. The number of halogens is 3. The normalized spacial score (nSPS) is 27.8. The van der Waals surface area contributed by atoms with E-state index in [1.807, 2.05) is 0 Å². The number of morpholine rings is 1. The Morgan fingerprint density at radius 2 is 1.94 bits per heavy atom. The van der Waals surface area contributed by atoms with Crippen LogP contribution in [0.15, 0.2) is 0 Å². The Morgan fingerprint density at radius 1 is 1.44 bits per heavy atom. The molecule has 0 aromatic heterocycles.